The molecule has 2 unspecified atom stereocenters. The highest BCUT2D eigenvalue weighted by molar-refractivity contribution is 14.0. The standard InChI is InChI=1S/C16H31N3O.HI/c1-4-17-15(18-5-2)19-13-12-14(20-6-3)16(13)10-8-7-9-11-16;/h13-14H,4-12H2,1-3H3,(H2,17,18,19);1H. The third-order valence-corrected chi connectivity index (χ3v) is 4.91. The van der Waals surface area contributed by atoms with Crippen molar-refractivity contribution in [2.24, 2.45) is 10.4 Å². The summed E-state index contributed by atoms with van der Waals surface area (Å²) in [6.45, 7) is 8.89. The van der Waals surface area contributed by atoms with Gasteiger partial charge in [0, 0.05) is 31.2 Å². The smallest absolute Gasteiger partial charge is 0.191 e. The minimum absolute atomic E-state index is 0. The number of nitrogens with one attached hydrogen (secondary N) is 2. The highest BCUT2D eigenvalue weighted by Gasteiger charge is 2.55. The van der Waals surface area contributed by atoms with Crippen molar-refractivity contribution in [3.63, 3.8) is 0 Å². The van der Waals surface area contributed by atoms with Crippen LogP contribution in [0.15, 0.2) is 4.99 Å². The fourth-order valence-corrected chi connectivity index (χ4v) is 3.91. The molecular formula is C16H32IN3O. The van der Waals surface area contributed by atoms with Crippen LogP contribution >= 0.6 is 24.0 Å². The van der Waals surface area contributed by atoms with E-state index in [1.54, 1.807) is 0 Å². The Labute approximate surface area is 146 Å². The predicted molar refractivity (Wildman–Crippen MR) is 99.5 cm³/mol. The third kappa shape index (κ3) is 4.24. The van der Waals surface area contributed by atoms with E-state index in [4.69, 9.17) is 4.74 Å². The average Bonchev–Trinajstić information content (AvgIpc) is 2.47. The summed E-state index contributed by atoms with van der Waals surface area (Å²) in [7, 11) is 0. The molecule has 2 aliphatic carbocycles. The highest BCUT2D eigenvalue weighted by Crippen LogP contribution is 2.53. The van der Waals surface area contributed by atoms with E-state index in [2.05, 4.69) is 36.4 Å². The van der Waals surface area contributed by atoms with Gasteiger partial charge in [0.25, 0.3) is 0 Å². The van der Waals surface area contributed by atoms with Gasteiger partial charge in [0.05, 0.1) is 6.10 Å². The van der Waals surface area contributed by atoms with Gasteiger partial charge in [0.1, 0.15) is 0 Å². The maximum atomic E-state index is 6.00. The van der Waals surface area contributed by atoms with Gasteiger partial charge in [-0.1, -0.05) is 19.3 Å². The summed E-state index contributed by atoms with van der Waals surface area (Å²) in [4.78, 5) is 4.54. The average molecular weight is 409 g/mol. The lowest BCUT2D eigenvalue weighted by atomic mass is 9.55. The fourth-order valence-electron chi connectivity index (χ4n) is 3.91. The first kappa shape index (κ1) is 19.0. The van der Waals surface area contributed by atoms with E-state index in [1.165, 1.54) is 32.1 Å². The lowest BCUT2D eigenvalue weighted by Crippen LogP contribution is -2.66. The molecule has 5 heteroatoms. The zero-order valence-electron chi connectivity index (χ0n) is 13.8. The lowest BCUT2D eigenvalue weighted by molar-refractivity contribution is -0.145. The number of rotatable bonds is 5. The molecular weight excluding hydrogens is 377 g/mol. The lowest BCUT2D eigenvalue weighted by Gasteiger charge is -2.58. The first-order valence-electron chi connectivity index (χ1n) is 8.43. The van der Waals surface area contributed by atoms with Crippen molar-refractivity contribution in [1.82, 2.24) is 10.6 Å². The summed E-state index contributed by atoms with van der Waals surface area (Å²) in [5, 5.41) is 7.01. The Morgan fingerprint density at radius 2 is 1.90 bits per heavy atom. The van der Waals surface area contributed by atoms with Crippen LogP contribution in [0.25, 0.3) is 0 Å². The van der Waals surface area contributed by atoms with Crippen LogP contribution in [-0.4, -0.2) is 37.8 Å². The first-order chi connectivity index (χ1) is 9.76. The Morgan fingerprint density at radius 1 is 1.19 bits per heavy atom. The molecule has 0 heterocycles. The first-order valence-corrected chi connectivity index (χ1v) is 8.43. The van der Waals surface area contributed by atoms with Crippen molar-refractivity contribution in [3.05, 3.63) is 0 Å². The minimum atomic E-state index is 0. The number of aliphatic imine (C=N–C) groups is 1. The molecule has 0 bridgehead atoms. The second kappa shape index (κ2) is 9.18. The Hall–Kier alpha value is -0.0400. The van der Waals surface area contributed by atoms with Gasteiger partial charge in [-0.3, -0.25) is 4.99 Å². The number of guanidine groups is 1. The van der Waals surface area contributed by atoms with E-state index in [9.17, 15) is 0 Å². The molecule has 0 amide bonds. The molecule has 4 nitrogen and oxygen atoms in total. The van der Waals surface area contributed by atoms with Crippen molar-refractivity contribution in [1.29, 1.82) is 0 Å². The SMILES string of the molecule is CCN=C(NCC)NC1CC(OCC)C12CCCCC2.I. The van der Waals surface area contributed by atoms with Crippen molar-refractivity contribution in [2.75, 3.05) is 19.7 Å². The largest absolute Gasteiger partial charge is 0.378 e. The number of halogens is 1. The van der Waals surface area contributed by atoms with Gasteiger partial charge in [0.15, 0.2) is 5.96 Å². The van der Waals surface area contributed by atoms with Crippen molar-refractivity contribution in [2.45, 2.75) is 71.4 Å². The van der Waals surface area contributed by atoms with Gasteiger partial charge in [-0.25, -0.2) is 0 Å². The van der Waals surface area contributed by atoms with Crippen LogP contribution in [-0.2, 0) is 4.74 Å². The molecule has 2 aliphatic rings. The Kier molecular flexibility index (Phi) is 8.31. The minimum Gasteiger partial charge on any atom is -0.378 e. The maximum Gasteiger partial charge on any atom is 0.191 e. The van der Waals surface area contributed by atoms with Crippen LogP contribution in [0.4, 0.5) is 0 Å². The normalized spacial score (nSPS) is 27.7. The summed E-state index contributed by atoms with van der Waals surface area (Å²) >= 11 is 0. The van der Waals surface area contributed by atoms with Gasteiger partial charge in [-0.2, -0.15) is 0 Å². The summed E-state index contributed by atoms with van der Waals surface area (Å²) in [5.41, 5.74) is 0.359. The van der Waals surface area contributed by atoms with Crippen LogP contribution < -0.4 is 10.6 Å². The fraction of sp³-hybridized carbons (Fsp3) is 0.938. The van der Waals surface area contributed by atoms with Gasteiger partial charge in [0.2, 0.25) is 0 Å². The molecule has 2 fully saturated rings. The third-order valence-electron chi connectivity index (χ3n) is 4.91. The zero-order valence-corrected chi connectivity index (χ0v) is 16.1. The molecule has 21 heavy (non-hydrogen) atoms. The number of nitrogens with zero attached hydrogens (tertiary/aromatic N) is 1. The molecule has 2 atom stereocenters. The topological polar surface area (TPSA) is 45.7 Å². The summed E-state index contributed by atoms with van der Waals surface area (Å²) in [6, 6.07) is 0.531. The molecule has 1 spiro atoms. The summed E-state index contributed by atoms with van der Waals surface area (Å²) in [6.07, 6.45) is 8.28. The number of hydrogen-bond donors (Lipinski definition) is 2. The Bertz CT molecular complexity index is 329. The molecule has 0 saturated heterocycles. The molecule has 0 aromatic rings. The van der Waals surface area contributed by atoms with E-state index in [0.717, 1.165) is 32.1 Å². The molecule has 0 aromatic heterocycles. The molecule has 0 aromatic carbocycles. The summed E-state index contributed by atoms with van der Waals surface area (Å²) in [5.74, 6) is 0.972. The second-order valence-corrected chi connectivity index (χ2v) is 6.02. The molecule has 0 radical (unpaired) electrons. The van der Waals surface area contributed by atoms with Gasteiger partial charge >= 0.3 is 0 Å². The van der Waals surface area contributed by atoms with Gasteiger partial charge in [-0.15, -0.1) is 24.0 Å². The van der Waals surface area contributed by atoms with Crippen LogP contribution in [0.2, 0.25) is 0 Å². The molecule has 2 rings (SSSR count). The van der Waals surface area contributed by atoms with Crippen LogP contribution in [0.3, 0.4) is 0 Å². The van der Waals surface area contributed by atoms with Crippen molar-refractivity contribution < 1.29 is 4.74 Å². The number of hydrogen-bond acceptors (Lipinski definition) is 2. The molecule has 2 saturated carbocycles. The van der Waals surface area contributed by atoms with Gasteiger partial charge < -0.3 is 15.4 Å². The van der Waals surface area contributed by atoms with Crippen LogP contribution in [0, 0.1) is 5.41 Å². The van der Waals surface area contributed by atoms with E-state index in [-0.39, 0.29) is 24.0 Å². The van der Waals surface area contributed by atoms with Crippen LogP contribution in [0.1, 0.15) is 59.3 Å². The van der Waals surface area contributed by atoms with Gasteiger partial charge in [-0.05, 0) is 40.0 Å². The summed E-state index contributed by atoms with van der Waals surface area (Å²) < 4.78 is 6.00. The quantitative estimate of drug-likeness (QED) is 0.416. The maximum absolute atomic E-state index is 6.00. The second-order valence-electron chi connectivity index (χ2n) is 6.02. The monoisotopic (exact) mass is 409 g/mol. The van der Waals surface area contributed by atoms with Crippen molar-refractivity contribution >= 4 is 29.9 Å². The Balaban J connectivity index is 0.00000220. The van der Waals surface area contributed by atoms with Crippen LogP contribution in [0.5, 0.6) is 0 Å². The molecule has 2 N–H and O–H groups in total. The van der Waals surface area contributed by atoms with E-state index in [0.29, 0.717) is 17.6 Å². The highest BCUT2D eigenvalue weighted by atomic mass is 127. The predicted octanol–water partition coefficient (Wildman–Crippen LogP) is 3.31. The molecule has 124 valence electrons. The Morgan fingerprint density at radius 3 is 2.48 bits per heavy atom. The van der Waals surface area contributed by atoms with Crippen molar-refractivity contribution in [3.8, 4) is 0 Å². The van der Waals surface area contributed by atoms with E-state index >= 15 is 0 Å². The number of ether oxygens (including phenoxy) is 1. The molecule has 0 aliphatic heterocycles. The van der Waals surface area contributed by atoms with E-state index < -0.39 is 0 Å². The zero-order chi connectivity index (χ0) is 14.4. The van der Waals surface area contributed by atoms with E-state index in [1.807, 2.05) is 0 Å².